The number of anilines is 1. The van der Waals surface area contributed by atoms with Crippen molar-refractivity contribution in [3.8, 4) is 5.75 Å². The molecule has 0 aliphatic heterocycles. The van der Waals surface area contributed by atoms with Gasteiger partial charge in [-0.1, -0.05) is 0 Å². The lowest BCUT2D eigenvalue weighted by Crippen LogP contribution is -2.39. The Morgan fingerprint density at radius 2 is 1.94 bits per heavy atom. The summed E-state index contributed by atoms with van der Waals surface area (Å²) < 4.78 is 5.66. The van der Waals surface area contributed by atoms with Crippen LogP contribution in [0.25, 0.3) is 0 Å². The second-order valence-corrected chi connectivity index (χ2v) is 4.69. The van der Waals surface area contributed by atoms with Crippen molar-refractivity contribution in [2.75, 3.05) is 18.9 Å². The van der Waals surface area contributed by atoms with Gasteiger partial charge in [-0.3, -0.25) is 4.90 Å². The third-order valence-electron chi connectivity index (χ3n) is 2.70. The van der Waals surface area contributed by atoms with Gasteiger partial charge in [0.1, 0.15) is 18.2 Å². The predicted molar refractivity (Wildman–Crippen MR) is 71.1 cm³/mol. The first-order valence-electron chi connectivity index (χ1n) is 6.10. The van der Waals surface area contributed by atoms with Crippen LogP contribution in [0.2, 0.25) is 0 Å². The molecule has 4 nitrogen and oxygen atoms in total. The number of nitrogen functional groups attached to an aromatic ring is 1. The number of ether oxygens (including phenoxy) is 1. The monoisotopic (exact) mass is 237 g/mol. The highest BCUT2D eigenvalue weighted by molar-refractivity contribution is 5.35. The Bertz CT molecular complexity index is 331. The minimum atomic E-state index is 0.493. The Kier molecular flexibility index (Phi) is 5.22. The summed E-state index contributed by atoms with van der Waals surface area (Å²) in [7, 11) is 0. The van der Waals surface area contributed by atoms with Crippen LogP contribution in [0, 0.1) is 0 Å². The van der Waals surface area contributed by atoms with E-state index in [1.807, 2.05) is 6.07 Å². The van der Waals surface area contributed by atoms with E-state index in [0.717, 1.165) is 12.3 Å². The molecule has 0 atom stereocenters. The summed E-state index contributed by atoms with van der Waals surface area (Å²) in [6, 6.07) is 4.63. The molecule has 0 aliphatic rings. The van der Waals surface area contributed by atoms with Crippen molar-refractivity contribution in [2.24, 2.45) is 0 Å². The molecule has 0 saturated carbocycles. The van der Waals surface area contributed by atoms with E-state index in [-0.39, 0.29) is 0 Å². The van der Waals surface area contributed by atoms with Crippen molar-refractivity contribution in [3.63, 3.8) is 0 Å². The van der Waals surface area contributed by atoms with Gasteiger partial charge in [0, 0.05) is 30.9 Å². The average Bonchev–Trinajstić information content (AvgIpc) is 2.23. The highest BCUT2D eigenvalue weighted by Crippen LogP contribution is 2.12. The summed E-state index contributed by atoms with van der Waals surface area (Å²) >= 11 is 0. The Hall–Kier alpha value is -1.29. The lowest BCUT2D eigenvalue weighted by atomic mass is 10.2. The standard InChI is InChI=1S/C13H23N3O/c1-10(2)16(11(3)4)7-8-17-12-5-6-15-13(14)9-12/h5-6,9-11H,7-8H2,1-4H3,(H2,14,15). The fraction of sp³-hybridized carbons (Fsp3) is 0.615. The summed E-state index contributed by atoms with van der Waals surface area (Å²) in [5, 5.41) is 0. The minimum absolute atomic E-state index is 0.493. The molecule has 0 aromatic carbocycles. The molecule has 1 aromatic rings. The summed E-state index contributed by atoms with van der Waals surface area (Å²) in [4.78, 5) is 6.32. The van der Waals surface area contributed by atoms with Gasteiger partial charge in [-0.05, 0) is 33.8 Å². The second-order valence-electron chi connectivity index (χ2n) is 4.69. The van der Waals surface area contributed by atoms with Gasteiger partial charge < -0.3 is 10.5 Å². The van der Waals surface area contributed by atoms with Crippen molar-refractivity contribution < 1.29 is 4.74 Å². The van der Waals surface area contributed by atoms with E-state index in [0.29, 0.717) is 24.5 Å². The smallest absolute Gasteiger partial charge is 0.126 e. The van der Waals surface area contributed by atoms with E-state index in [2.05, 4.69) is 37.6 Å². The summed E-state index contributed by atoms with van der Waals surface area (Å²) in [5.41, 5.74) is 5.59. The molecule has 0 amide bonds. The van der Waals surface area contributed by atoms with Crippen LogP contribution in [0.4, 0.5) is 5.82 Å². The van der Waals surface area contributed by atoms with E-state index in [1.54, 1.807) is 12.3 Å². The molecule has 17 heavy (non-hydrogen) atoms. The molecule has 1 aromatic heterocycles. The molecule has 4 heteroatoms. The number of pyridine rings is 1. The van der Waals surface area contributed by atoms with Crippen LogP contribution in [0.15, 0.2) is 18.3 Å². The minimum Gasteiger partial charge on any atom is -0.492 e. The largest absolute Gasteiger partial charge is 0.492 e. The van der Waals surface area contributed by atoms with Crippen LogP contribution in [0.5, 0.6) is 5.75 Å². The first-order valence-corrected chi connectivity index (χ1v) is 6.10. The molecular formula is C13H23N3O. The number of nitrogens with zero attached hydrogens (tertiary/aromatic N) is 2. The van der Waals surface area contributed by atoms with Gasteiger partial charge in [-0.2, -0.15) is 0 Å². The maximum atomic E-state index is 5.66. The zero-order valence-electron chi connectivity index (χ0n) is 11.2. The van der Waals surface area contributed by atoms with E-state index < -0.39 is 0 Å². The maximum Gasteiger partial charge on any atom is 0.126 e. The number of aromatic nitrogens is 1. The third kappa shape index (κ3) is 4.61. The normalized spacial score (nSPS) is 11.5. The molecule has 96 valence electrons. The third-order valence-corrected chi connectivity index (χ3v) is 2.70. The van der Waals surface area contributed by atoms with Crippen molar-refractivity contribution in [2.45, 2.75) is 39.8 Å². The average molecular weight is 237 g/mol. The van der Waals surface area contributed by atoms with Crippen molar-refractivity contribution in [1.29, 1.82) is 0 Å². The van der Waals surface area contributed by atoms with Gasteiger partial charge in [-0.15, -0.1) is 0 Å². The molecule has 0 aliphatic carbocycles. The Labute approximate surface area is 104 Å². The van der Waals surface area contributed by atoms with Crippen molar-refractivity contribution in [3.05, 3.63) is 18.3 Å². The maximum absolute atomic E-state index is 5.66. The molecule has 0 spiro atoms. The molecule has 0 saturated heterocycles. The first kappa shape index (κ1) is 13.8. The highest BCUT2D eigenvalue weighted by atomic mass is 16.5. The number of hydrogen-bond acceptors (Lipinski definition) is 4. The molecule has 0 fully saturated rings. The van der Waals surface area contributed by atoms with Gasteiger partial charge in [0.2, 0.25) is 0 Å². The van der Waals surface area contributed by atoms with Gasteiger partial charge in [0.15, 0.2) is 0 Å². The molecular weight excluding hydrogens is 214 g/mol. The predicted octanol–water partition coefficient (Wildman–Crippen LogP) is 2.16. The van der Waals surface area contributed by atoms with E-state index in [1.165, 1.54) is 0 Å². The van der Waals surface area contributed by atoms with Crippen LogP contribution in [0.1, 0.15) is 27.7 Å². The Morgan fingerprint density at radius 1 is 1.29 bits per heavy atom. The number of nitrogens with two attached hydrogens (primary N) is 1. The zero-order valence-corrected chi connectivity index (χ0v) is 11.2. The highest BCUT2D eigenvalue weighted by Gasteiger charge is 2.12. The molecule has 1 heterocycles. The van der Waals surface area contributed by atoms with Gasteiger partial charge in [-0.25, -0.2) is 4.98 Å². The van der Waals surface area contributed by atoms with Gasteiger partial charge in [0.25, 0.3) is 0 Å². The van der Waals surface area contributed by atoms with Gasteiger partial charge >= 0.3 is 0 Å². The second kappa shape index (κ2) is 6.45. The molecule has 0 bridgehead atoms. The molecule has 0 radical (unpaired) electrons. The van der Waals surface area contributed by atoms with Crippen LogP contribution in [-0.4, -0.2) is 35.1 Å². The Morgan fingerprint density at radius 3 is 2.47 bits per heavy atom. The van der Waals surface area contributed by atoms with Crippen LogP contribution >= 0.6 is 0 Å². The fourth-order valence-electron chi connectivity index (χ4n) is 1.90. The summed E-state index contributed by atoms with van der Waals surface area (Å²) in [6.07, 6.45) is 1.66. The Balaban J connectivity index is 2.41. The fourth-order valence-corrected chi connectivity index (χ4v) is 1.90. The van der Waals surface area contributed by atoms with Gasteiger partial charge in [0.05, 0.1) is 0 Å². The van der Waals surface area contributed by atoms with Crippen LogP contribution in [0.3, 0.4) is 0 Å². The summed E-state index contributed by atoms with van der Waals surface area (Å²) in [5.74, 6) is 1.28. The molecule has 2 N–H and O–H groups in total. The van der Waals surface area contributed by atoms with E-state index >= 15 is 0 Å². The van der Waals surface area contributed by atoms with E-state index in [9.17, 15) is 0 Å². The first-order chi connectivity index (χ1) is 8.00. The topological polar surface area (TPSA) is 51.4 Å². The lowest BCUT2D eigenvalue weighted by molar-refractivity contribution is 0.142. The van der Waals surface area contributed by atoms with Crippen LogP contribution in [-0.2, 0) is 0 Å². The van der Waals surface area contributed by atoms with Crippen molar-refractivity contribution >= 4 is 5.82 Å². The SMILES string of the molecule is CC(C)N(CCOc1ccnc(N)c1)C(C)C. The van der Waals surface area contributed by atoms with E-state index in [4.69, 9.17) is 10.5 Å². The lowest BCUT2D eigenvalue weighted by Gasteiger charge is -2.30. The van der Waals surface area contributed by atoms with Crippen LogP contribution < -0.4 is 10.5 Å². The molecule has 1 rings (SSSR count). The summed E-state index contributed by atoms with van der Waals surface area (Å²) in [6.45, 7) is 10.4. The number of hydrogen-bond donors (Lipinski definition) is 1. The van der Waals surface area contributed by atoms with Crippen molar-refractivity contribution in [1.82, 2.24) is 9.88 Å². The zero-order chi connectivity index (χ0) is 12.8. The molecule has 0 unspecified atom stereocenters. The number of rotatable bonds is 6. The quantitative estimate of drug-likeness (QED) is 0.823.